The van der Waals surface area contributed by atoms with E-state index in [4.69, 9.17) is 10.8 Å². The van der Waals surface area contributed by atoms with Gasteiger partial charge in [-0.2, -0.15) is 0 Å². The third kappa shape index (κ3) is 3.80. The second kappa shape index (κ2) is 6.84. The van der Waals surface area contributed by atoms with Gasteiger partial charge in [0.15, 0.2) is 5.13 Å². The highest BCUT2D eigenvalue weighted by Gasteiger charge is 2.17. The van der Waals surface area contributed by atoms with E-state index in [1.54, 1.807) is 0 Å². The monoisotopic (exact) mass is 331 g/mol. The minimum Gasteiger partial charge on any atom is -0.477 e. The number of nitrogens with zero attached hydrogens (tertiary/aromatic N) is 2. The molecule has 3 N–H and O–H groups in total. The molecule has 0 spiro atoms. The fourth-order valence-electron chi connectivity index (χ4n) is 1.92. The zero-order valence-electron chi connectivity index (χ0n) is 12.1. The number of aromatic carboxylic acids is 1. The van der Waals surface area contributed by atoms with E-state index in [1.807, 2.05) is 25.1 Å². The van der Waals surface area contributed by atoms with Crippen molar-refractivity contribution in [2.45, 2.75) is 6.92 Å². The van der Waals surface area contributed by atoms with Crippen molar-refractivity contribution in [1.29, 1.82) is 0 Å². The van der Waals surface area contributed by atoms with Crippen molar-refractivity contribution in [2.75, 3.05) is 5.73 Å². The molecule has 118 valence electrons. The standard InChI is InChI=1S/C8H8N2S.C7H5NO4/c1-5-3-2-4-6-7(5)10-8(9)11-6;9-7(10)5-3-1-2-4-6(5)8(11)12/h2-4H,1H3,(H2,9,10);1-4H,(H,9,10). The van der Waals surface area contributed by atoms with Gasteiger partial charge in [-0.05, 0) is 24.6 Å². The minimum absolute atomic E-state index is 0.289. The highest BCUT2D eigenvalue weighted by atomic mass is 32.1. The number of fused-ring (bicyclic) bond motifs is 1. The second-order valence-electron chi connectivity index (χ2n) is 4.55. The lowest BCUT2D eigenvalue weighted by atomic mass is 10.2. The van der Waals surface area contributed by atoms with Crippen molar-refractivity contribution in [3.63, 3.8) is 0 Å². The molecule has 3 rings (SSSR count). The number of nitro benzene ring substituents is 1. The van der Waals surface area contributed by atoms with Crippen LogP contribution in [0.2, 0.25) is 0 Å². The first-order valence-electron chi connectivity index (χ1n) is 6.48. The van der Waals surface area contributed by atoms with Gasteiger partial charge < -0.3 is 10.8 Å². The van der Waals surface area contributed by atoms with Crippen LogP contribution in [0.4, 0.5) is 10.8 Å². The summed E-state index contributed by atoms with van der Waals surface area (Å²) in [6.45, 7) is 2.04. The summed E-state index contributed by atoms with van der Waals surface area (Å²) in [6.07, 6.45) is 0. The van der Waals surface area contributed by atoms with Gasteiger partial charge in [0.05, 0.1) is 15.1 Å². The summed E-state index contributed by atoms with van der Waals surface area (Å²) < 4.78 is 1.17. The molecule has 0 saturated heterocycles. The molecule has 0 atom stereocenters. The van der Waals surface area contributed by atoms with Gasteiger partial charge in [0, 0.05) is 6.07 Å². The third-order valence-electron chi connectivity index (χ3n) is 2.97. The zero-order chi connectivity index (χ0) is 17.0. The van der Waals surface area contributed by atoms with Crippen LogP contribution >= 0.6 is 11.3 Å². The van der Waals surface area contributed by atoms with Crippen molar-refractivity contribution < 1.29 is 14.8 Å². The van der Waals surface area contributed by atoms with E-state index >= 15 is 0 Å². The maximum Gasteiger partial charge on any atom is 0.342 e. The Morgan fingerprint density at radius 2 is 1.96 bits per heavy atom. The lowest BCUT2D eigenvalue weighted by Gasteiger charge is -1.94. The van der Waals surface area contributed by atoms with Crippen molar-refractivity contribution >= 4 is 38.3 Å². The average molecular weight is 331 g/mol. The van der Waals surface area contributed by atoms with Gasteiger partial charge in [-0.15, -0.1) is 0 Å². The van der Waals surface area contributed by atoms with E-state index in [1.165, 1.54) is 39.8 Å². The fourth-order valence-corrected chi connectivity index (χ4v) is 2.73. The van der Waals surface area contributed by atoms with Crippen LogP contribution in [0, 0.1) is 17.0 Å². The number of carboxylic acid groups (broad SMARTS) is 1. The van der Waals surface area contributed by atoms with Gasteiger partial charge in [-0.25, -0.2) is 9.78 Å². The number of thiazole rings is 1. The van der Waals surface area contributed by atoms with Crippen LogP contribution in [0.5, 0.6) is 0 Å². The van der Waals surface area contributed by atoms with Crippen molar-refractivity contribution in [2.24, 2.45) is 0 Å². The zero-order valence-corrected chi connectivity index (χ0v) is 12.9. The SMILES string of the molecule is Cc1cccc2sc(N)nc12.O=C(O)c1ccccc1[N+](=O)[O-]. The van der Waals surface area contributed by atoms with Gasteiger partial charge in [0.25, 0.3) is 5.69 Å². The molecule has 1 aromatic heterocycles. The normalized spacial score (nSPS) is 9.96. The van der Waals surface area contributed by atoms with Crippen molar-refractivity contribution in [3.05, 3.63) is 63.7 Å². The lowest BCUT2D eigenvalue weighted by molar-refractivity contribution is -0.385. The van der Waals surface area contributed by atoms with E-state index in [0.29, 0.717) is 5.13 Å². The predicted octanol–water partition coefficient (Wildman–Crippen LogP) is 3.48. The van der Waals surface area contributed by atoms with Gasteiger partial charge in [0.1, 0.15) is 5.56 Å². The summed E-state index contributed by atoms with van der Waals surface area (Å²) in [5, 5.41) is 19.4. The highest BCUT2D eigenvalue weighted by molar-refractivity contribution is 7.22. The van der Waals surface area contributed by atoms with E-state index < -0.39 is 10.9 Å². The number of carbonyl (C=O) groups is 1. The molecule has 0 aliphatic rings. The summed E-state index contributed by atoms with van der Waals surface area (Å²) in [6, 6.07) is 11.3. The molecular formula is C15H13N3O4S. The predicted molar refractivity (Wildman–Crippen MR) is 88.8 cm³/mol. The Bertz CT molecular complexity index is 843. The van der Waals surface area contributed by atoms with Crippen LogP contribution in [0.3, 0.4) is 0 Å². The van der Waals surface area contributed by atoms with Gasteiger partial charge in [0.2, 0.25) is 0 Å². The van der Waals surface area contributed by atoms with Crippen LogP contribution in [-0.4, -0.2) is 21.0 Å². The largest absolute Gasteiger partial charge is 0.477 e. The molecule has 1 heterocycles. The third-order valence-corrected chi connectivity index (χ3v) is 3.82. The Hall–Kier alpha value is -3.00. The molecule has 7 nitrogen and oxygen atoms in total. The van der Waals surface area contributed by atoms with Crippen molar-refractivity contribution in [1.82, 2.24) is 4.98 Å². The van der Waals surface area contributed by atoms with E-state index in [-0.39, 0.29) is 11.3 Å². The van der Waals surface area contributed by atoms with Crippen LogP contribution in [0.15, 0.2) is 42.5 Å². The van der Waals surface area contributed by atoms with Crippen LogP contribution in [0.25, 0.3) is 10.2 Å². The average Bonchev–Trinajstić information content (AvgIpc) is 2.90. The van der Waals surface area contributed by atoms with Crippen LogP contribution in [-0.2, 0) is 0 Å². The van der Waals surface area contributed by atoms with E-state index in [2.05, 4.69) is 4.98 Å². The number of rotatable bonds is 2. The molecule has 23 heavy (non-hydrogen) atoms. The first kappa shape index (κ1) is 16.4. The number of hydrogen-bond acceptors (Lipinski definition) is 6. The molecule has 2 aromatic carbocycles. The summed E-state index contributed by atoms with van der Waals surface area (Å²) in [5.74, 6) is -1.29. The number of hydrogen-bond donors (Lipinski definition) is 2. The number of carboxylic acids is 1. The molecule has 8 heteroatoms. The molecule has 0 bridgehead atoms. The number of anilines is 1. The van der Waals surface area contributed by atoms with Crippen LogP contribution in [0.1, 0.15) is 15.9 Å². The second-order valence-corrected chi connectivity index (χ2v) is 5.62. The molecule has 0 aliphatic carbocycles. The molecule has 3 aromatic rings. The van der Waals surface area contributed by atoms with Crippen LogP contribution < -0.4 is 5.73 Å². The Morgan fingerprint density at radius 3 is 2.52 bits per heavy atom. The quantitative estimate of drug-likeness (QED) is 0.548. The number of nitrogens with two attached hydrogens (primary N) is 1. The minimum atomic E-state index is -1.29. The maximum atomic E-state index is 10.4. The van der Waals surface area contributed by atoms with Crippen molar-refractivity contribution in [3.8, 4) is 0 Å². The number of benzene rings is 2. The molecular weight excluding hydrogens is 318 g/mol. The van der Waals surface area contributed by atoms with E-state index in [9.17, 15) is 14.9 Å². The summed E-state index contributed by atoms with van der Waals surface area (Å²) in [4.78, 5) is 24.2. The topological polar surface area (TPSA) is 119 Å². The molecule has 0 unspecified atom stereocenters. The first-order valence-corrected chi connectivity index (χ1v) is 7.30. The number of aromatic nitrogens is 1. The summed E-state index contributed by atoms with van der Waals surface area (Å²) in [7, 11) is 0. The number of para-hydroxylation sites is 2. The number of nitro groups is 1. The summed E-state index contributed by atoms with van der Waals surface area (Å²) in [5.41, 5.74) is 7.12. The molecule has 0 fully saturated rings. The highest BCUT2D eigenvalue weighted by Crippen LogP contribution is 2.25. The Labute approximate surface area is 135 Å². The molecule has 0 radical (unpaired) electrons. The Morgan fingerprint density at radius 1 is 1.26 bits per heavy atom. The fraction of sp³-hybridized carbons (Fsp3) is 0.0667. The molecule has 0 aliphatic heterocycles. The lowest BCUT2D eigenvalue weighted by Crippen LogP contribution is -2.01. The molecule has 0 saturated carbocycles. The smallest absolute Gasteiger partial charge is 0.342 e. The number of nitrogen functional groups attached to an aromatic ring is 1. The number of aryl methyl sites for hydroxylation is 1. The van der Waals surface area contributed by atoms with Gasteiger partial charge in [-0.3, -0.25) is 10.1 Å². The van der Waals surface area contributed by atoms with Gasteiger partial charge in [-0.1, -0.05) is 35.6 Å². The first-order chi connectivity index (χ1) is 10.9. The molecule has 0 amide bonds. The van der Waals surface area contributed by atoms with E-state index in [0.717, 1.165) is 11.6 Å². The summed E-state index contributed by atoms with van der Waals surface area (Å²) >= 11 is 1.53. The maximum absolute atomic E-state index is 10.4. The Kier molecular flexibility index (Phi) is 4.87. The van der Waals surface area contributed by atoms with Gasteiger partial charge >= 0.3 is 5.97 Å². The Balaban J connectivity index is 0.000000167.